The van der Waals surface area contributed by atoms with Crippen molar-refractivity contribution in [1.29, 1.82) is 0 Å². The Labute approximate surface area is 114 Å². The van der Waals surface area contributed by atoms with Crippen LogP contribution in [-0.4, -0.2) is 36.3 Å². The van der Waals surface area contributed by atoms with Crippen LogP contribution in [-0.2, 0) is 6.54 Å². The number of likely N-dealkylation sites (tertiary alicyclic amines) is 1. The van der Waals surface area contributed by atoms with Crippen LogP contribution in [0.2, 0.25) is 0 Å². The average molecular weight is 262 g/mol. The minimum atomic E-state index is 0.739. The molecule has 3 rings (SSSR count). The van der Waals surface area contributed by atoms with Crippen LogP contribution in [0.5, 0.6) is 0 Å². The van der Waals surface area contributed by atoms with E-state index in [4.69, 9.17) is 0 Å². The molecule has 2 atom stereocenters. The summed E-state index contributed by atoms with van der Waals surface area (Å²) in [6.07, 6.45) is 6.21. The van der Waals surface area contributed by atoms with Gasteiger partial charge in [0, 0.05) is 36.6 Å². The Morgan fingerprint density at radius 2 is 1.94 bits per heavy atom. The van der Waals surface area contributed by atoms with Crippen LogP contribution >= 0.6 is 11.8 Å². The molecule has 1 aromatic carbocycles. The van der Waals surface area contributed by atoms with Gasteiger partial charge in [0.1, 0.15) is 0 Å². The largest absolute Gasteiger partial charge is 0.310 e. The van der Waals surface area contributed by atoms with Gasteiger partial charge in [0.25, 0.3) is 0 Å². The van der Waals surface area contributed by atoms with E-state index in [0.717, 1.165) is 18.6 Å². The summed E-state index contributed by atoms with van der Waals surface area (Å²) in [5.74, 6) is 0. The van der Waals surface area contributed by atoms with Crippen LogP contribution in [0.3, 0.4) is 0 Å². The van der Waals surface area contributed by atoms with Crippen LogP contribution < -0.4 is 5.32 Å². The van der Waals surface area contributed by atoms with Gasteiger partial charge in [-0.3, -0.25) is 4.90 Å². The molecule has 3 heteroatoms. The average Bonchev–Trinajstić information content (AvgIpc) is 2.74. The molecule has 2 unspecified atom stereocenters. The lowest BCUT2D eigenvalue weighted by molar-refractivity contribution is 0.251. The van der Waals surface area contributed by atoms with E-state index < -0.39 is 0 Å². The lowest BCUT2D eigenvalue weighted by Crippen LogP contribution is -2.34. The molecular weight excluding hydrogens is 240 g/mol. The zero-order valence-electron chi connectivity index (χ0n) is 11.1. The smallest absolute Gasteiger partial charge is 0.0234 e. The molecule has 2 fully saturated rings. The second-order valence-corrected chi connectivity index (χ2v) is 6.39. The van der Waals surface area contributed by atoms with Crippen molar-refractivity contribution < 1.29 is 0 Å². The Balaban J connectivity index is 1.61. The Hall–Kier alpha value is -0.510. The van der Waals surface area contributed by atoms with Gasteiger partial charge in [0.2, 0.25) is 0 Å². The predicted molar refractivity (Wildman–Crippen MR) is 78.1 cm³/mol. The van der Waals surface area contributed by atoms with E-state index in [1.54, 1.807) is 0 Å². The molecule has 1 N–H and O–H groups in total. The van der Waals surface area contributed by atoms with Gasteiger partial charge in [0.15, 0.2) is 0 Å². The van der Waals surface area contributed by atoms with Crippen molar-refractivity contribution in [3.05, 3.63) is 29.8 Å². The molecule has 2 aliphatic heterocycles. The molecular formula is C15H22N2S. The van der Waals surface area contributed by atoms with Crippen LogP contribution in [0, 0.1) is 0 Å². The number of hydrogen-bond acceptors (Lipinski definition) is 3. The van der Waals surface area contributed by atoms with Crippen molar-refractivity contribution in [3.63, 3.8) is 0 Å². The summed E-state index contributed by atoms with van der Waals surface area (Å²) in [6.45, 7) is 3.58. The predicted octanol–water partition coefficient (Wildman–Crippen LogP) is 2.73. The van der Waals surface area contributed by atoms with Gasteiger partial charge >= 0.3 is 0 Å². The molecule has 18 heavy (non-hydrogen) atoms. The molecule has 2 bridgehead atoms. The second kappa shape index (κ2) is 5.64. The van der Waals surface area contributed by atoms with Gasteiger partial charge in [-0.15, -0.1) is 11.8 Å². The number of rotatable bonds is 3. The van der Waals surface area contributed by atoms with Crippen LogP contribution in [0.25, 0.3) is 0 Å². The standard InChI is InChI=1S/C15H22N2S/c1-18-15-6-2-12(3-7-15)10-17-9-8-13-4-5-14(11-17)16-13/h2-3,6-7,13-14,16H,4-5,8-11H2,1H3. The zero-order chi connectivity index (χ0) is 12.4. The van der Waals surface area contributed by atoms with Crippen molar-refractivity contribution in [3.8, 4) is 0 Å². The number of hydrogen-bond donors (Lipinski definition) is 1. The lowest BCUT2D eigenvalue weighted by Gasteiger charge is -2.24. The van der Waals surface area contributed by atoms with Crippen molar-refractivity contribution >= 4 is 11.8 Å². The summed E-state index contributed by atoms with van der Waals surface area (Å²) in [5.41, 5.74) is 1.45. The van der Waals surface area contributed by atoms with Crippen LogP contribution in [0.1, 0.15) is 24.8 Å². The van der Waals surface area contributed by atoms with E-state index in [0.29, 0.717) is 0 Å². The molecule has 0 amide bonds. The first-order valence-electron chi connectivity index (χ1n) is 6.95. The first kappa shape index (κ1) is 12.5. The summed E-state index contributed by atoms with van der Waals surface area (Å²) in [7, 11) is 0. The molecule has 0 radical (unpaired) electrons. The van der Waals surface area contributed by atoms with Crippen molar-refractivity contribution in [2.24, 2.45) is 0 Å². The maximum Gasteiger partial charge on any atom is 0.0234 e. The molecule has 98 valence electrons. The van der Waals surface area contributed by atoms with E-state index in [9.17, 15) is 0 Å². The monoisotopic (exact) mass is 262 g/mol. The minimum absolute atomic E-state index is 0.739. The minimum Gasteiger partial charge on any atom is -0.310 e. The van der Waals surface area contributed by atoms with E-state index >= 15 is 0 Å². The van der Waals surface area contributed by atoms with E-state index in [1.807, 2.05) is 11.8 Å². The van der Waals surface area contributed by atoms with Crippen molar-refractivity contribution in [2.45, 2.75) is 42.8 Å². The Morgan fingerprint density at radius 1 is 1.17 bits per heavy atom. The molecule has 0 aromatic heterocycles. The molecule has 2 aliphatic rings. The van der Waals surface area contributed by atoms with E-state index in [-0.39, 0.29) is 0 Å². The number of benzene rings is 1. The van der Waals surface area contributed by atoms with Gasteiger partial charge < -0.3 is 5.32 Å². The second-order valence-electron chi connectivity index (χ2n) is 5.51. The van der Waals surface area contributed by atoms with E-state index in [1.165, 1.54) is 42.8 Å². The van der Waals surface area contributed by atoms with Crippen LogP contribution in [0.15, 0.2) is 29.2 Å². The number of fused-ring (bicyclic) bond motifs is 2. The summed E-state index contributed by atoms with van der Waals surface area (Å²) < 4.78 is 0. The normalized spacial score (nSPS) is 28.3. The fourth-order valence-corrected chi connectivity index (χ4v) is 3.56. The van der Waals surface area contributed by atoms with Gasteiger partial charge in [-0.25, -0.2) is 0 Å². The summed E-state index contributed by atoms with van der Waals surface area (Å²) in [5, 5.41) is 3.74. The molecule has 0 aliphatic carbocycles. The number of nitrogens with one attached hydrogen (secondary N) is 1. The van der Waals surface area contributed by atoms with Gasteiger partial charge in [-0.2, -0.15) is 0 Å². The highest BCUT2D eigenvalue weighted by Gasteiger charge is 2.28. The molecule has 0 saturated carbocycles. The van der Waals surface area contributed by atoms with E-state index in [2.05, 4.69) is 40.7 Å². The van der Waals surface area contributed by atoms with Crippen molar-refractivity contribution in [2.75, 3.05) is 19.3 Å². The fraction of sp³-hybridized carbons (Fsp3) is 0.600. The molecule has 1 aromatic rings. The molecule has 2 saturated heterocycles. The first-order valence-corrected chi connectivity index (χ1v) is 8.17. The van der Waals surface area contributed by atoms with Gasteiger partial charge in [-0.1, -0.05) is 12.1 Å². The Bertz CT molecular complexity index is 390. The topological polar surface area (TPSA) is 15.3 Å². The SMILES string of the molecule is CSc1ccc(CN2CCC3CCC(C2)N3)cc1. The summed E-state index contributed by atoms with van der Waals surface area (Å²) in [6, 6.07) is 10.6. The number of thioether (sulfide) groups is 1. The van der Waals surface area contributed by atoms with Gasteiger partial charge in [-0.05, 0) is 43.2 Å². The first-order chi connectivity index (χ1) is 8.83. The maximum atomic E-state index is 3.74. The van der Waals surface area contributed by atoms with Gasteiger partial charge in [0.05, 0.1) is 0 Å². The Kier molecular flexibility index (Phi) is 3.92. The molecule has 0 spiro atoms. The maximum absolute atomic E-state index is 3.74. The quantitative estimate of drug-likeness (QED) is 0.843. The fourth-order valence-electron chi connectivity index (χ4n) is 3.15. The Morgan fingerprint density at radius 3 is 2.72 bits per heavy atom. The summed E-state index contributed by atoms with van der Waals surface area (Å²) in [4.78, 5) is 3.97. The summed E-state index contributed by atoms with van der Waals surface area (Å²) >= 11 is 1.81. The number of nitrogens with zero attached hydrogens (tertiary/aromatic N) is 1. The van der Waals surface area contributed by atoms with Crippen LogP contribution in [0.4, 0.5) is 0 Å². The molecule has 2 heterocycles. The zero-order valence-corrected chi connectivity index (χ0v) is 11.9. The lowest BCUT2D eigenvalue weighted by atomic mass is 10.1. The van der Waals surface area contributed by atoms with Crippen molar-refractivity contribution in [1.82, 2.24) is 10.2 Å². The molecule has 2 nitrogen and oxygen atoms in total. The highest BCUT2D eigenvalue weighted by Crippen LogP contribution is 2.22. The highest BCUT2D eigenvalue weighted by molar-refractivity contribution is 7.98. The third-order valence-corrected chi connectivity index (χ3v) is 4.92. The third-order valence-electron chi connectivity index (χ3n) is 4.17. The third kappa shape index (κ3) is 2.90. The highest BCUT2D eigenvalue weighted by atomic mass is 32.2.